The molecule has 3 rings (SSSR count). The van der Waals surface area contributed by atoms with E-state index in [9.17, 15) is 0 Å². The molecule has 1 aromatic heterocycles. The molecular weight excluding hydrogens is 216 g/mol. The van der Waals surface area contributed by atoms with Crippen LogP contribution < -0.4 is 14.8 Å². The molecule has 0 atom stereocenters. The van der Waals surface area contributed by atoms with Crippen LogP contribution in [0.4, 0.5) is 5.82 Å². The average Bonchev–Trinajstić information content (AvgIpc) is 2.86. The van der Waals surface area contributed by atoms with E-state index >= 15 is 0 Å². The van der Waals surface area contributed by atoms with Crippen LogP contribution in [0.2, 0.25) is 0 Å². The molecule has 4 nitrogen and oxygen atoms in total. The normalized spacial score (nSPS) is 12.5. The molecule has 0 unspecified atom stereocenters. The summed E-state index contributed by atoms with van der Waals surface area (Å²) in [7, 11) is 0. The molecule has 2 heterocycles. The second-order valence-corrected chi connectivity index (χ2v) is 3.72. The van der Waals surface area contributed by atoms with E-state index in [1.165, 1.54) is 0 Å². The average molecular weight is 228 g/mol. The third kappa shape index (κ3) is 2.01. The van der Waals surface area contributed by atoms with Gasteiger partial charge < -0.3 is 14.8 Å². The fourth-order valence-electron chi connectivity index (χ4n) is 1.78. The summed E-state index contributed by atoms with van der Waals surface area (Å²) in [5.41, 5.74) is 1.07. The summed E-state index contributed by atoms with van der Waals surface area (Å²) in [6.45, 7) is 0.972. The Bertz CT molecular complexity index is 514. The first kappa shape index (κ1) is 9.96. The van der Waals surface area contributed by atoms with E-state index in [2.05, 4.69) is 10.3 Å². The zero-order chi connectivity index (χ0) is 11.5. The third-order valence-electron chi connectivity index (χ3n) is 2.60. The van der Waals surface area contributed by atoms with E-state index in [0.29, 0.717) is 13.3 Å². The first-order valence-corrected chi connectivity index (χ1v) is 5.46. The maximum absolute atomic E-state index is 5.44. The minimum absolute atomic E-state index is 0.302. The quantitative estimate of drug-likeness (QED) is 0.876. The molecule has 4 heteroatoms. The molecule has 0 aliphatic carbocycles. The van der Waals surface area contributed by atoms with Gasteiger partial charge in [0.05, 0.1) is 0 Å². The van der Waals surface area contributed by atoms with Crippen molar-refractivity contribution in [2.75, 3.05) is 12.1 Å². The summed E-state index contributed by atoms with van der Waals surface area (Å²) < 4.78 is 10.8. The van der Waals surface area contributed by atoms with Gasteiger partial charge in [0.25, 0.3) is 0 Å². The lowest BCUT2D eigenvalue weighted by molar-refractivity contribution is 0.173. The fraction of sp³-hybridized carbons (Fsp3) is 0.154. The Morgan fingerprint density at radius 3 is 3.00 bits per heavy atom. The van der Waals surface area contributed by atoms with Crippen LogP contribution >= 0.6 is 0 Å². The molecule has 1 aromatic carbocycles. The maximum atomic E-state index is 5.44. The number of nitrogens with zero attached hydrogens (tertiary/aromatic N) is 1. The van der Waals surface area contributed by atoms with Crippen LogP contribution in [0.5, 0.6) is 11.5 Å². The van der Waals surface area contributed by atoms with Crippen molar-refractivity contribution in [1.29, 1.82) is 0 Å². The molecule has 86 valence electrons. The van der Waals surface area contributed by atoms with E-state index in [4.69, 9.17) is 9.47 Å². The molecule has 0 fully saturated rings. The number of fused-ring (bicyclic) bond motifs is 1. The van der Waals surface area contributed by atoms with Gasteiger partial charge in [0.1, 0.15) is 5.82 Å². The van der Waals surface area contributed by atoms with Crippen molar-refractivity contribution >= 4 is 5.82 Å². The predicted octanol–water partition coefficient (Wildman–Crippen LogP) is 2.42. The first-order chi connectivity index (χ1) is 8.43. The highest BCUT2D eigenvalue weighted by Crippen LogP contribution is 2.35. The van der Waals surface area contributed by atoms with Crippen molar-refractivity contribution in [2.24, 2.45) is 0 Å². The van der Waals surface area contributed by atoms with E-state index in [-0.39, 0.29) is 0 Å². The third-order valence-corrected chi connectivity index (χ3v) is 2.60. The Morgan fingerprint density at radius 1 is 1.12 bits per heavy atom. The number of nitrogens with one attached hydrogen (secondary N) is 1. The lowest BCUT2D eigenvalue weighted by Gasteiger charge is -2.07. The van der Waals surface area contributed by atoms with Gasteiger partial charge in [-0.05, 0) is 18.2 Å². The van der Waals surface area contributed by atoms with Crippen LogP contribution in [0.25, 0.3) is 0 Å². The molecule has 2 aromatic rings. The van der Waals surface area contributed by atoms with Crippen molar-refractivity contribution in [2.45, 2.75) is 6.54 Å². The Kier molecular flexibility index (Phi) is 2.54. The second kappa shape index (κ2) is 4.33. The van der Waals surface area contributed by atoms with Gasteiger partial charge in [0.15, 0.2) is 11.5 Å². The summed E-state index contributed by atoms with van der Waals surface area (Å²) in [6, 6.07) is 11.7. The molecule has 0 saturated heterocycles. The van der Waals surface area contributed by atoms with Crippen molar-refractivity contribution in [3.8, 4) is 11.5 Å². The number of rotatable bonds is 3. The molecular formula is C13H12N2O2. The second-order valence-electron chi connectivity index (χ2n) is 3.72. The number of aromatic nitrogens is 1. The number of para-hydroxylation sites is 1. The lowest BCUT2D eigenvalue weighted by atomic mass is 10.2. The van der Waals surface area contributed by atoms with E-state index < -0.39 is 0 Å². The molecule has 0 saturated carbocycles. The van der Waals surface area contributed by atoms with Crippen LogP contribution in [-0.2, 0) is 6.54 Å². The SMILES string of the molecule is c1ccc(NCc2cccc3c2OCO3)nc1. The van der Waals surface area contributed by atoms with Gasteiger partial charge in [0.2, 0.25) is 6.79 Å². The molecule has 0 bridgehead atoms. The van der Waals surface area contributed by atoms with Gasteiger partial charge in [-0.15, -0.1) is 0 Å². The smallest absolute Gasteiger partial charge is 0.231 e. The van der Waals surface area contributed by atoms with E-state index in [0.717, 1.165) is 22.9 Å². The van der Waals surface area contributed by atoms with Crippen LogP contribution in [-0.4, -0.2) is 11.8 Å². The summed E-state index contributed by atoms with van der Waals surface area (Å²) in [6.07, 6.45) is 1.76. The van der Waals surface area contributed by atoms with Gasteiger partial charge in [-0.1, -0.05) is 18.2 Å². The zero-order valence-electron chi connectivity index (χ0n) is 9.22. The van der Waals surface area contributed by atoms with Gasteiger partial charge in [-0.25, -0.2) is 4.98 Å². The highest BCUT2D eigenvalue weighted by Gasteiger charge is 2.16. The minimum Gasteiger partial charge on any atom is -0.454 e. The zero-order valence-corrected chi connectivity index (χ0v) is 9.22. The molecule has 1 N–H and O–H groups in total. The summed E-state index contributed by atoms with van der Waals surface area (Å²) in [5, 5.41) is 3.24. The number of pyridine rings is 1. The maximum Gasteiger partial charge on any atom is 0.231 e. The molecule has 0 amide bonds. The number of anilines is 1. The molecule has 17 heavy (non-hydrogen) atoms. The molecule has 0 spiro atoms. The van der Waals surface area contributed by atoms with Crippen LogP contribution in [0.3, 0.4) is 0 Å². The standard InChI is InChI=1S/C13H12N2O2/c1-2-7-14-12(6-1)15-8-10-4-3-5-11-13(10)17-9-16-11/h1-7H,8-9H2,(H,14,15). The Hall–Kier alpha value is -2.23. The molecule has 1 aliphatic heterocycles. The summed E-state index contributed by atoms with van der Waals surface area (Å²) >= 11 is 0. The number of benzene rings is 1. The monoisotopic (exact) mass is 228 g/mol. The lowest BCUT2D eigenvalue weighted by Crippen LogP contribution is -2.02. The van der Waals surface area contributed by atoms with Crippen molar-refractivity contribution < 1.29 is 9.47 Å². The molecule has 0 radical (unpaired) electrons. The fourth-order valence-corrected chi connectivity index (χ4v) is 1.78. The Morgan fingerprint density at radius 2 is 2.12 bits per heavy atom. The van der Waals surface area contributed by atoms with Crippen LogP contribution in [0.15, 0.2) is 42.6 Å². The van der Waals surface area contributed by atoms with Gasteiger partial charge in [0, 0.05) is 18.3 Å². The largest absolute Gasteiger partial charge is 0.454 e. The number of ether oxygens (including phenoxy) is 2. The summed E-state index contributed by atoms with van der Waals surface area (Å²) in [5.74, 6) is 2.49. The van der Waals surface area contributed by atoms with Gasteiger partial charge in [-0.2, -0.15) is 0 Å². The number of hydrogen-bond donors (Lipinski definition) is 1. The van der Waals surface area contributed by atoms with Crippen LogP contribution in [0.1, 0.15) is 5.56 Å². The summed E-state index contributed by atoms with van der Waals surface area (Å²) in [4.78, 5) is 4.20. The highest BCUT2D eigenvalue weighted by atomic mass is 16.7. The van der Waals surface area contributed by atoms with Crippen molar-refractivity contribution in [1.82, 2.24) is 4.98 Å². The van der Waals surface area contributed by atoms with E-state index in [1.54, 1.807) is 6.20 Å². The minimum atomic E-state index is 0.302. The Labute approximate surface area is 99.2 Å². The van der Waals surface area contributed by atoms with E-state index in [1.807, 2.05) is 36.4 Å². The van der Waals surface area contributed by atoms with Crippen molar-refractivity contribution in [3.05, 3.63) is 48.2 Å². The van der Waals surface area contributed by atoms with Crippen molar-refractivity contribution in [3.63, 3.8) is 0 Å². The topological polar surface area (TPSA) is 43.4 Å². The Balaban J connectivity index is 1.76. The highest BCUT2D eigenvalue weighted by molar-refractivity contribution is 5.49. The number of hydrogen-bond acceptors (Lipinski definition) is 4. The predicted molar refractivity (Wildman–Crippen MR) is 64.1 cm³/mol. The van der Waals surface area contributed by atoms with Gasteiger partial charge >= 0.3 is 0 Å². The molecule has 1 aliphatic rings. The van der Waals surface area contributed by atoms with Crippen LogP contribution in [0, 0.1) is 0 Å². The first-order valence-electron chi connectivity index (χ1n) is 5.46. The van der Waals surface area contributed by atoms with Gasteiger partial charge in [-0.3, -0.25) is 0 Å².